The molecular weight excluding hydrogens is 738 g/mol. The van der Waals surface area contributed by atoms with Gasteiger partial charge in [0.15, 0.2) is 6.61 Å². The van der Waals surface area contributed by atoms with E-state index in [-0.39, 0.29) is 47.6 Å². The molecule has 292 valence electrons. The Bertz CT molecular complexity index is 2240. The number of anilines is 1. The van der Waals surface area contributed by atoms with Gasteiger partial charge >= 0.3 is 6.09 Å². The highest BCUT2D eigenvalue weighted by molar-refractivity contribution is 6.33. The molecule has 2 bridgehead atoms. The number of pyridine rings is 1. The van der Waals surface area contributed by atoms with Crippen molar-refractivity contribution < 1.29 is 34.0 Å². The molecule has 0 saturated carbocycles. The summed E-state index contributed by atoms with van der Waals surface area (Å²) >= 11 is 6.60. The lowest BCUT2D eigenvalue weighted by Crippen LogP contribution is -2.52. The fourth-order valence-corrected chi connectivity index (χ4v) is 7.71. The van der Waals surface area contributed by atoms with Crippen molar-refractivity contribution in [2.45, 2.75) is 37.6 Å². The number of rotatable bonds is 14. The highest BCUT2D eigenvalue weighted by Gasteiger charge is 2.37. The molecule has 1 aromatic heterocycles. The Morgan fingerprint density at radius 3 is 2.52 bits per heavy atom. The van der Waals surface area contributed by atoms with Crippen molar-refractivity contribution in [2.24, 2.45) is 5.92 Å². The molecule has 3 unspecified atom stereocenters. The van der Waals surface area contributed by atoms with E-state index in [1.165, 1.54) is 19.2 Å². The third-order valence-electron chi connectivity index (χ3n) is 10.4. The summed E-state index contributed by atoms with van der Waals surface area (Å²) in [6, 6.07) is 25.5. The van der Waals surface area contributed by atoms with Gasteiger partial charge in [0.25, 0.3) is 5.91 Å². The van der Waals surface area contributed by atoms with E-state index >= 15 is 0 Å². The number of nitrogens with zero attached hydrogens (tertiary/aromatic N) is 1. The number of carbonyl (C=O) groups excluding carboxylic acids is 2. The number of phenols is 1. The van der Waals surface area contributed by atoms with Crippen molar-refractivity contribution in [3.05, 3.63) is 129 Å². The van der Waals surface area contributed by atoms with Crippen molar-refractivity contribution in [1.82, 2.24) is 20.5 Å². The molecule has 8 rings (SSSR count). The second kappa shape index (κ2) is 17.5. The fourth-order valence-electron chi connectivity index (χ4n) is 7.48. The Kier molecular flexibility index (Phi) is 12.1. The van der Waals surface area contributed by atoms with Gasteiger partial charge in [-0.2, -0.15) is 0 Å². The summed E-state index contributed by atoms with van der Waals surface area (Å²) in [6.07, 6.45) is 0.516. The van der Waals surface area contributed by atoms with Crippen LogP contribution >= 0.6 is 11.6 Å². The monoisotopic (exact) mass is 781 g/mol. The van der Waals surface area contributed by atoms with E-state index in [1.54, 1.807) is 42.5 Å². The summed E-state index contributed by atoms with van der Waals surface area (Å²) in [5, 5.41) is 30.9. The number of fused-ring (bicyclic) bond motifs is 4. The molecule has 0 radical (unpaired) electrons. The minimum atomic E-state index is -0.957. The number of halogens is 1. The van der Waals surface area contributed by atoms with Gasteiger partial charge in [0.2, 0.25) is 5.56 Å². The highest BCUT2D eigenvalue weighted by atomic mass is 35.5. The molecule has 6 N–H and O–H groups in total. The van der Waals surface area contributed by atoms with Crippen LogP contribution < -0.4 is 31.0 Å². The third kappa shape index (κ3) is 9.09. The zero-order chi connectivity index (χ0) is 39.2. The third-order valence-corrected chi connectivity index (χ3v) is 10.7. The lowest BCUT2D eigenvalue weighted by Gasteiger charge is -2.43. The smallest absolute Gasteiger partial charge is 0.408 e. The highest BCUT2D eigenvalue weighted by Crippen LogP contribution is 2.33. The number of phenolic OH excluding ortho intramolecular Hbond substituents is 1. The molecule has 14 heteroatoms. The van der Waals surface area contributed by atoms with Gasteiger partial charge in [-0.1, -0.05) is 60.1 Å². The lowest BCUT2D eigenvalue weighted by atomic mass is 9.86. The molecule has 3 fully saturated rings. The molecule has 2 amide bonds. The summed E-state index contributed by atoms with van der Waals surface area (Å²) in [5.74, 6) is 0.741. The van der Waals surface area contributed by atoms with Gasteiger partial charge in [0, 0.05) is 42.7 Å². The SMILES string of the molecule is COc1cc(NC(=O)COc2cccc(C(NC(=O)OC3CN4CCC3CC4)c3ccccc3)c2)c(Cl)cc1CNCC(O)c1ccc(O)c2[nH]c(=O)ccc12. The van der Waals surface area contributed by atoms with Crippen LogP contribution in [0.15, 0.2) is 95.8 Å². The average Bonchev–Trinajstić information content (AvgIpc) is 3.21. The number of aliphatic hydroxyl groups excluding tert-OH is 1. The Morgan fingerprint density at radius 2 is 1.77 bits per heavy atom. The number of nitrogens with one attached hydrogen (secondary N) is 4. The van der Waals surface area contributed by atoms with Crippen LogP contribution in [-0.2, 0) is 16.1 Å². The minimum absolute atomic E-state index is 0.0893. The standard InChI is InChI=1S/C42H44ClN5O8/c1-54-36-20-33(32(43)19-28(36)21-44-22-35(50)30-10-12-34(49)41-31(30)11-13-38(51)46-41)45-39(52)24-55-29-9-5-8-27(18-29)40(26-6-3-2-4-7-26)47-42(53)56-37-23-48-16-14-25(37)15-17-48/h2-13,18-20,25,35,37,40,44,49-50H,14-17,21-24H2,1H3,(H,45,52)(H,46,51)(H,47,53). The maximum absolute atomic E-state index is 13.2. The molecule has 3 aliphatic rings. The maximum Gasteiger partial charge on any atom is 0.408 e. The zero-order valence-corrected chi connectivity index (χ0v) is 31.6. The number of aromatic amines is 1. The van der Waals surface area contributed by atoms with Crippen molar-refractivity contribution in [2.75, 3.05) is 45.2 Å². The molecule has 3 aliphatic heterocycles. The lowest BCUT2D eigenvalue weighted by molar-refractivity contribution is -0.118. The first-order chi connectivity index (χ1) is 27.1. The van der Waals surface area contributed by atoms with Crippen molar-refractivity contribution in [3.8, 4) is 17.2 Å². The Morgan fingerprint density at radius 1 is 0.982 bits per heavy atom. The van der Waals surface area contributed by atoms with E-state index in [0.717, 1.165) is 43.6 Å². The maximum atomic E-state index is 13.2. The Hall–Kier alpha value is -5.60. The van der Waals surface area contributed by atoms with E-state index in [9.17, 15) is 24.6 Å². The van der Waals surface area contributed by atoms with Crippen LogP contribution in [0.1, 0.15) is 47.2 Å². The number of methoxy groups -OCH3 is 1. The average molecular weight is 782 g/mol. The van der Waals surface area contributed by atoms with Gasteiger partial charge in [-0.05, 0) is 78.9 Å². The first-order valence-corrected chi connectivity index (χ1v) is 18.9. The van der Waals surface area contributed by atoms with Crippen molar-refractivity contribution in [1.29, 1.82) is 0 Å². The second-order valence-corrected chi connectivity index (χ2v) is 14.5. The largest absolute Gasteiger partial charge is 0.506 e. The number of hydrogen-bond acceptors (Lipinski definition) is 10. The molecule has 0 spiro atoms. The van der Waals surface area contributed by atoms with Crippen LogP contribution in [-0.4, -0.2) is 78.1 Å². The number of ether oxygens (including phenoxy) is 3. The van der Waals surface area contributed by atoms with Gasteiger partial charge in [0.1, 0.15) is 23.4 Å². The van der Waals surface area contributed by atoms with Crippen LogP contribution in [0.3, 0.4) is 0 Å². The van der Waals surface area contributed by atoms with E-state index in [1.807, 2.05) is 36.4 Å². The summed E-state index contributed by atoms with van der Waals surface area (Å²) < 4.78 is 17.4. The number of alkyl carbamates (subject to hydrolysis) is 1. The van der Waals surface area contributed by atoms with Gasteiger partial charge in [-0.15, -0.1) is 0 Å². The number of benzene rings is 4. The van der Waals surface area contributed by atoms with E-state index < -0.39 is 24.1 Å². The van der Waals surface area contributed by atoms with Crippen molar-refractivity contribution in [3.63, 3.8) is 0 Å². The summed E-state index contributed by atoms with van der Waals surface area (Å²) in [6.45, 7) is 2.97. The van der Waals surface area contributed by atoms with Crippen LogP contribution in [0.2, 0.25) is 5.02 Å². The predicted molar refractivity (Wildman–Crippen MR) is 212 cm³/mol. The Labute approximate surface area is 328 Å². The molecule has 3 atom stereocenters. The molecule has 13 nitrogen and oxygen atoms in total. The first-order valence-electron chi connectivity index (χ1n) is 18.5. The summed E-state index contributed by atoms with van der Waals surface area (Å²) in [5.41, 5.74) is 3.07. The zero-order valence-electron chi connectivity index (χ0n) is 30.8. The normalized spacial score (nSPS) is 18.5. The molecule has 0 aliphatic carbocycles. The molecule has 4 aromatic carbocycles. The summed E-state index contributed by atoms with van der Waals surface area (Å²) in [7, 11) is 1.50. The number of amides is 2. The molecular formula is C42H44ClN5O8. The molecule has 56 heavy (non-hydrogen) atoms. The van der Waals surface area contributed by atoms with Gasteiger partial charge in [0.05, 0.1) is 35.5 Å². The Balaban J connectivity index is 0.954. The quantitative estimate of drug-likeness (QED) is 0.0827. The summed E-state index contributed by atoms with van der Waals surface area (Å²) in [4.78, 5) is 43.0. The number of H-pyrrole nitrogens is 1. The van der Waals surface area contributed by atoms with Crippen molar-refractivity contribution >= 4 is 40.2 Å². The topological polar surface area (TPSA) is 174 Å². The van der Waals surface area contributed by atoms with Gasteiger partial charge in [-0.25, -0.2) is 4.79 Å². The van der Waals surface area contributed by atoms with Crippen LogP contribution in [0, 0.1) is 5.92 Å². The number of aliphatic hydroxyl groups is 1. The number of piperidine rings is 3. The van der Waals surface area contributed by atoms with Gasteiger partial charge < -0.3 is 45.4 Å². The first kappa shape index (κ1) is 38.7. The van der Waals surface area contributed by atoms with Crippen LogP contribution in [0.25, 0.3) is 10.9 Å². The number of carbonyl (C=O) groups is 2. The van der Waals surface area contributed by atoms with Gasteiger partial charge in [-0.3, -0.25) is 14.5 Å². The van der Waals surface area contributed by atoms with Crippen LogP contribution in [0.4, 0.5) is 10.5 Å². The van der Waals surface area contributed by atoms with E-state index in [4.69, 9.17) is 25.8 Å². The fraction of sp³-hybridized carbons (Fsp3) is 0.310. The molecule has 4 heterocycles. The molecule has 3 saturated heterocycles. The number of aromatic nitrogens is 1. The molecule has 5 aromatic rings. The number of hydrogen-bond donors (Lipinski definition) is 6. The second-order valence-electron chi connectivity index (χ2n) is 14.1. The van der Waals surface area contributed by atoms with Crippen LogP contribution in [0.5, 0.6) is 17.2 Å². The minimum Gasteiger partial charge on any atom is -0.506 e. The number of aromatic hydroxyl groups is 1. The van der Waals surface area contributed by atoms with E-state index in [2.05, 4.69) is 25.8 Å². The van der Waals surface area contributed by atoms with E-state index in [0.29, 0.717) is 39.6 Å². The predicted octanol–water partition coefficient (Wildman–Crippen LogP) is 5.65.